The largest absolute Gasteiger partial charge is 0.314 e. The molecule has 102 valence electrons. The van der Waals surface area contributed by atoms with Crippen LogP contribution in [0.15, 0.2) is 41.6 Å². The topological polar surface area (TPSA) is 29.9 Å². The van der Waals surface area contributed by atoms with Crippen molar-refractivity contribution < 1.29 is 4.98 Å². The Hall–Kier alpha value is -1.74. The van der Waals surface area contributed by atoms with Gasteiger partial charge in [0, 0.05) is 5.75 Å². The smallest absolute Gasteiger partial charge is 0.231 e. The number of nitrogens with one attached hydrogen (secondary N) is 2. The number of H-pyrrole nitrogens is 2. The van der Waals surface area contributed by atoms with Gasteiger partial charge in [0.1, 0.15) is 0 Å². The molecule has 0 radical (unpaired) electrons. The molecule has 0 amide bonds. The van der Waals surface area contributed by atoms with Crippen LogP contribution in [0.3, 0.4) is 0 Å². The number of imidazole rings is 1. The third-order valence-corrected chi connectivity index (χ3v) is 4.60. The summed E-state index contributed by atoms with van der Waals surface area (Å²) < 4.78 is 0. The highest BCUT2D eigenvalue weighted by atomic mass is 32.2. The number of aromatic nitrogens is 2. The standard InChI is InChI=1S/C17H18N2S/c1-11-4-7-15-16(8-11)19-17(18-15)20-10-14-6-5-12(2)13(3)9-14/h4-9H,10H2,1-3H3,(H,18,19)/p+1. The van der Waals surface area contributed by atoms with E-state index in [1.807, 2.05) is 11.8 Å². The van der Waals surface area contributed by atoms with Crippen molar-refractivity contribution in [3.05, 3.63) is 58.7 Å². The van der Waals surface area contributed by atoms with Crippen molar-refractivity contribution >= 4 is 22.8 Å². The van der Waals surface area contributed by atoms with E-state index in [0.717, 1.165) is 16.4 Å². The molecule has 3 rings (SSSR count). The first-order valence-electron chi connectivity index (χ1n) is 6.82. The van der Waals surface area contributed by atoms with E-state index in [4.69, 9.17) is 0 Å². The first kappa shape index (κ1) is 13.3. The molecule has 0 spiro atoms. The summed E-state index contributed by atoms with van der Waals surface area (Å²) in [4.78, 5) is 6.87. The molecule has 0 bridgehead atoms. The van der Waals surface area contributed by atoms with Crippen LogP contribution in [-0.4, -0.2) is 4.98 Å². The average molecular weight is 283 g/mol. The van der Waals surface area contributed by atoms with Crippen molar-refractivity contribution in [2.75, 3.05) is 0 Å². The number of aromatic amines is 2. The Morgan fingerprint density at radius 1 is 1.00 bits per heavy atom. The van der Waals surface area contributed by atoms with Crippen molar-refractivity contribution in [3.63, 3.8) is 0 Å². The second-order valence-electron chi connectivity index (χ2n) is 5.34. The fourth-order valence-corrected chi connectivity index (χ4v) is 3.12. The van der Waals surface area contributed by atoms with Crippen molar-refractivity contribution in [2.45, 2.75) is 31.7 Å². The zero-order valence-corrected chi connectivity index (χ0v) is 12.9. The van der Waals surface area contributed by atoms with Gasteiger partial charge in [-0.3, -0.25) is 0 Å². The number of hydrogen-bond donors (Lipinski definition) is 1. The second kappa shape index (κ2) is 5.33. The Labute approximate surface area is 123 Å². The fraction of sp³-hybridized carbons (Fsp3) is 0.235. The molecule has 1 aromatic heterocycles. The lowest BCUT2D eigenvalue weighted by molar-refractivity contribution is -0.396. The minimum absolute atomic E-state index is 0.976. The van der Waals surface area contributed by atoms with Crippen molar-refractivity contribution in [2.24, 2.45) is 0 Å². The molecule has 0 saturated carbocycles. The van der Waals surface area contributed by atoms with E-state index in [0.29, 0.717) is 0 Å². The number of benzene rings is 2. The molecule has 2 N–H and O–H groups in total. The molecule has 3 heteroatoms. The molecule has 0 aliphatic heterocycles. The monoisotopic (exact) mass is 283 g/mol. The van der Waals surface area contributed by atoms with E-state index >= 15 is 0 Å². The zero-order chi connectivity index (χ0) is 14.1. The molecule has 0 aliphatic rings. The third-order valence-electron chi connectivity index (χ3n) is 3.63. The van der Waals surface area contributed by atoms with Gasteiger partial charge < -0.3 is 0 Å². The number of aryl methyl sites for hydroxylation is 3. The third kappa shape index (κ3) is 2.73. The Kier molecular flexibility index (Phi) is 3.53. The molecule has 2 nitrogen and oxygen atoms in total. The van der Waals surface area contributed by atoms with Crippen LogP contribution in [0.4, 0.5) is 0 Å². The van der Waals surface area contributed by atoms with Crippen LogP contribution >= 0.6 is 11.8 Å². The summed E-state index contributed by atoms with van der Waals surface area (Å²) in [5.74, 6) is 0.976. The van der Waals surface area contributed by atoms with Gasteiger partial charge in [-0.1, -0.05) is 24.3 Å². The molecular weight excluding hydrogens is 264 g/mol. The molecule has 20 heavy (non-hydrogen) atoms. The van der Waals surface area contributed by atoms with Crippen LogP contribution in [0.1, 0.15) is 22.3 Å². The Bertz CT molecular complexity index is 759. The molecule has 0 atom stereocenters. The lowest BCUT2D eigenvalue weighted by atomic mass is 10.1. The van der Waals surface area contributed by atoms with Crippen LogP contribution in [0, 0.1) is 20.8 Å². The van der Waals surface area contributed by atoms with Gasteiger partial charge in [-0.05, 0) is 66.9 Å². The Balaban J connectivity index is 1.77. The van der Waals surface area contributed by atoms with Gasteiger partial charge >= 0.3 is 5.16 Å². The second-order valence-corrected chi connectivity index (χ2v) is 6.32. The minimum atomic E-state index is 0.976. The summed E-state index contributed by atoms with van der Waals surface area (Å²) in [6.07, 6.45) is 0. The highest BCUT2D eigenvalue weighted by Crippen LogP contribution is 2.22. The van der Waals surface area contributed by atoms with E-state index in [-0.39, 0.29) is 0 Å². The van der Waals surface area contributed by atoms with Crippen LogP contribution in [0.25, 0.3) is 11.0 Å². The van der Waals surface area contributed by atoms with Gasteiger partial charge in [0.15, 0.2) is 11.0 Å². The van der Waals surface area contributed by atoms with Crippen LogP contribution in [-0.2, 0) is 5.75 Å². The van der Waals surface area contributed by atoms with E-state index in [1.165, 1.54) is 27.8 Å². The summed E-state index contributed by atoms with van der Waals surface area (Å²) in [6.45, 7) is 6.43. The molecule has 0 unspecified atom stereocenters. The average Bonchev–Trinajstić information content (AvgIpc) is 2.82. The zero-order valence-electron chi connectivity index (χ0n) is 12.1. The fourth-order valence-electron chi connectivity index (χ4n) is 2.27. The SMILES string of the molecule is Cc1ccc2[nH+]c(SCc3ccc(C)c(C)c3)[nH]c2c1. The van der Waals surface area contributed by atoms with Gasteiger partial charge in [0.2, 0.25) is 0 Å². The van der Waals surface area contributed by atoms with Gasteiger partial charge in [-0.2, -0.15) is 0 Å². The van der Waals surface area contributed by atoms with E-state index in [1.54, 1.807) is 0 Å². The summed E-state index contributed by atoms with van der Waals surface area (Å²) in [6, 6.07) is 13.1. The summed E-state index contributed by atoms with van der Waals surface area (Å²) >= 11 is 1.81. The van der Waals surface area contributed by atoms with Crippen molar-refractivity contribution in [1.82, 2.24) is 4.98 Å². The molecular formula is C17H19N2S+. The first-order valence-corrected chi connectivity index (χ1v) is 7.81. The number of rotatable bonds is 3. The predicted octanol–water partition coefficient (Wildman–Crippen LogP) is 4.20. The summed E-state index contributed by atoms with van der Waals surface area (Å²) in [5.41, 5.74) is 7.69. The lowest BCUT2D eigenvalue weighted by Gasteiger charge is -2.02. The van der Waals surface area contributed by atoms with Gasteiger partial charge in [0.05, 0.1) is 0 Å². The van der Waals surface area contributed by atoms with Crippen LogP contribution in [0.5, 0.6) is 0 Å². The number of hydrogen-bond acceptors (Lipinski definition) is 1. The minimum Gasteiger partial charge on any atom is -0.231 e. The highest BCUT2D eigenvalue weighted by molar-refractivity contribution is 7.98. The predicted molar refractivity (Wildman–Crippen MR) is 85.1 cm³/mol. The molecule has 0 fully saturated rings. The molecule has 1 heterocycles. The summed E-state index contributed by atoms with van der Waals surface area (Å²) in [7, 11) is 0. The van der Waals surface area contributed by atoms with Gasteiger partial charge in [0.25, 0.3) is 0 Å². The van der Waals surface area contributed by atoms with Crippen molar-refractivity contribution in [3.8, 4) is 0 Å². The lowest BCUT2D eigenvalue weighted by Crippen LogP contribution is -2.01. The van der Waals surface area contributed by atoms with Crippen molar-refractivity contribution in [1.29, 1.82) is 0 Å². The maximum absolute atomic E-state index is 3.44. The number of thioether (sulfide) groups is 1. The van der Waals surface area contributed by atoms with Crippen LogP contribution in [0.2, 0.25) is 0 Å². The maximum Gasteiger partial charge on any atom is 0.314 e. The molecule has 0 saturated heterocycles. The number of fused-ring (bicyclic) bond motifs is 1. The maximum atomic E-state index is 3.44. The van der Waals surface area contributed by atoms with Crippen LogP contribution < -0.4 is 4.98 Å². The molecule has 3 aromatic rings. The Morgan fingerprint density at radius 2 is 1.85 bits per heavy atom. The summed E-state index contributed by atoms with van der Waals surface area (Å²) in [5, 5.41) is 1.11. The molecule has 0 aliphatic carbocycles. The van der Waals surface area contributed by atoms with Gasteiger partial charge in [-0.15, -0.1) is 0 Å². The molecule has 2 aromatic carbocycles. The van der Waals surface area contributed by atoms with E-state index < -0.39 is 0 Å². The first-order chi connectivity index (χ1) is 9.61. The van der Waals surface area contributed by atoms with E-state index in [9.17, 15) is 0 Å². The Morgan fingerprint density at radius 3 is 2.65 bits per heavy atom. The normalized spacial score (nSPS) is 11.2. The van der Waals surface area contributed by atoms with Gasteiger partial charge in [-0.25, -0.2) is 9.97 Å². The highest BCUT2D eigenvalue weighted by Gasteiger charge is 2.10. The quantitative estimate of drug-likeness (QED) is 0.717. The van der Waals surface area contributed by atoms with E-state index in [2.05, 4.69) is 67.1 Å².